The third kappa shape index (κ3) is 7.30. The summed E-state index contributed by atoms with van der Waals surface area (Å²) >= 11 is 0. The van der Waals surface area contributed by atoms with E-state index in [1.54, 1.807) is 0 Å². The van der Waals surface area contributed by atoms with Gasteiger partial charge in [-0.1, -0.05) is 0 Å². The fourth-order valence-corrected chi connectivity index (χ4v) is 0.439. The molecule has 0 saturated heterocycles. The van der Waals surface area contributed by atoms with E-state index in [0.717, 1.165) is 0 Å². The number of aliphatic hydroxyl groups excluding tert-OH is 1. The van der Waals surface area contributed by atoms with E-state index < -0.39 is 12.3 Å². The number of carbonyl (C=O) groups excluding carboxylic acids is 1. The van der Waals surface area contributed by atoms with Gasteiger partial charge in [-0.15, -0.1) is 0 Å². The number of aliphatic hydroxyl groups is 1. The van der Waals surface area contributed by atoms with Gasteiger partial charge in [0.15, 0.2) is 0 Å². The Morgan fingerprint density at radius 2 is 2.08 bits per heavy atom. The molecule has 1 N–H and O–H groups in total. The van der Waals surface area contributed by atoms with Crippen LogP contribution in [0.5, 0.6) is 0 Å². The van der Waals surface area contributed by atoms with Crippen LogP contribution in [0.2, 0.25) is 0 Å². The maximum atomic E-state index is 10.6. The van der Waals surface area contributed by atoms with Crippen LogP contribution < -0.4 is 0 Å². The first-order valence-electron chi connectivity index (χ1n) is 3.63. The third-order valence-corrected chi connectivity index (χ3v) is 0.950. The summed E-state index contributed by atoms with van der Waals surface area (Å²) in [5, 5.41) is 8.72. The smallest absolute Gasteiger partial charge is 0.432 e. The van der Waals surface area contributed by atoms with Gasteiger partial charge in [-0.3, -0.25) is 0 Å². The van der Waals surface area contributed by atoms with Gasteiger partial charge in [-0.05, 0) is 6.92 Å². The van der Waals surface area contributed by atoms with Crippen LogP contribution in [-0.2, 0) is 14.2 Å². The van der Waals surface area contributed by atoms with Crippen molar-refractivity contribution in [2.24, 2.45) is 0 Å². The molecule has 72 valence electrons. The predicted octanol–water partition coefficient (Wildman–Crippen LogP) is 0.167. The van der Waals surface area contributed by atoms with Crippen LogP contribution in [0.3, 0.4) is 0 Å². The molecule has 0 aromatic rings. The summed E-state index contributed by atoms with van der Waals surface area (Å²) in [6.45, 7) is 1.97. The van der Waals surface area contributed by atoms with E-state index in [1.165, 1.54) is 14.0 Å². The topological polar surface area (TPSA) is 65.0 Å². The molecule has 12 heavy (non-hydrogen) atoms. The van der Waals surface area contributed by atoms with Crippen LogP contribution in [0, 0.1) is 0 Å². The lowest BCUT2D eigenvalue weighted by atomic mass is 10.5. The Morgan fingerprint density at radius 1 is 1.42 bits per heavy atom. The van der Waals surface area contributed by atoms with Gasteiger partial charge < -0.3 is 19.3 Å². The highest BCUT2D eigenvalue weighted by molar-refractivity contribution is 5.59. The molecule has 5 nitrogen and oxygen atoms in total. The summed E-state index contributed by atoms with van der Waals surface area (Å²) in [4.78, 5) is 10.6. The molecule has 0 fully saturated rings. The molecule has 0 aliphatic heterocycles. The Morgan fingerprint density at radius 3 is 2.58 bits per heavy atom. The van der Waals surface area contributed by atoms with Crippen LogP contribution in [0.25, 0.3) is 0 Å². The van der Waals surface area contributed by atoms with Crippen molar-refractivity contribution < 1.29 is 24.1 Å². The minimum absolute atomic E-state index is 0.0498. The Bertz CT molecular complexity index is 123. The molecule has 1 unspecified atom stereocenters. The number of carbonyl (C=O) groups is 1. The SMILES string of the molecule is COCCOC(=O)OCC(C)O. The van der Waals surface area contributed by atoms with Crippen LogP contribution in [0.1, 0.15) is 6.92 Å². The highest BCUT2D eigenvalue weighted by atomic mass is 16.7. The predicted molar refractivity (Wildman–Crippen MR) is 40.9 cm³/mol. The average molecular weight is 178 g/mol. The first kappa shape index (κ1) is 11.2. The molecule has 0 amide bonds. The Kier molecular flexibility index (Phi) is 6.41. The van der Waals surface area contributed by atoms with Gasteiger partial charge in [0.05, 0.1) is 12.7 Å². The zero-order valence-corrected chi connectivity index (χ0v) is 7.28. The summed E-state index contributed by atoms with van der Waals surface area (Å²) in [5.41, 5.74) is 0. The maximum absolute atomic E-state index is 10.6. The Balaban J connectivity index is 3.22. The van der Waals surface area contributed by atoms with E-state index in [1.807, 2.05) is 0 Å². The molecule has 0 aromatic heterocycles. The van der Waals surface area contributed by atoms with E-state index in [4.69, 9.17) is 5.11 Å². The summed E-state index contributed by atoms with van der Waals surface area (Å²) in [6, 6.07) is 0. The molecule has 0 saturated carbocycles. The molecule has 0 spiro atoms. The van der Waals surface area contributed by atoms with Gasteiger partial charge in [0.1, 0.15) is 13.2 Å². The molecule has 1 atom stereocenters. The standard InChI is InChI=1S/C7H14O5/c1-6(8)5-12-7(9)11-4-3-10-2/h6,8H,3-5H2,1-2H3. The van der Waals surface area contributed by atoms with Crippen LogP contribution in [0.15, 0.2) is 0 Å². The quantitative estimate of drug-likeness (QED) is 0.480. The number of ether oxygens (including phenoxy) is 3. The molecule has 0 heterocycles. The third-order valence-electron chi connectivity index (χ3n) is 0.950. The van der Waals surface area contributed by atoms with Crippen molar-refractivity contribution in [3.05, 3.63) is 0 Å². The molecule has 0 bridgehead atoms. The van der Waals surface area contributed by atoms with Gasteiger partial charge in [-0.25, -0.2) is 4.79 Å². The van der Waals surface area contributed by atoms with Crippen molar-refractivity contribution in [1.82, 2.24) is 0 Å². The van der Waals surface area contributed by atoms with Gasteiger partial charge in [0, 0.05) is 7.11 Å². The Labute approximate surface area is 71.2 Å². The average Bonchev–Trinajstić information content (AvgIpc) is 2.01. The van der Waals surface area contributed by atoms with Gasteiger partial charge in [-0.2, -0.15) is 0 Å². The van der Waals surface area contributed by atoms with Gasteiger partial charge in [0.2, 0.25) is 0 Å². The highest BCUT2D eigenvalue weighted by Gasteiger charge is 2.04. The van der Waals surface area contributed by atoms with Crippen molar-refractivity contribution >= 4 is 6.16 Å². The zero-order chi connectivity index (χ0) is 9.40. The second-order valence-electron chi connectivity index (χ2n) is 2.25. The van der Waals surface area contributed by atoms with Crippen molar-refractivity contribution in [1.29, 1.82) is 0 Å². The summed E-state index contributed by atoms with van der Waals surface area (Å²) in [6.07, 6.45) is -1.45. The number of hydrogen-bond donors (Lipinski definition) is 1. The summed E-state index contributed by atoms with van der Waals surface area (Å²) in [7, 11) is 1.50. The Hall–Kier alpha value is -0.810. The number of hydrogen-bond acceptors (Lipinski definition) is 5. The fraction of sp³-hybridized carbons (Fsp3) is 0.857. The van der Waals surface area contributed by atoms with Crippen LogP contribution in [0.4, 0.5) is 4.79 Å². The van der Waals surface area contributed by atoms with Crippen molar-refractivity contribution in [2.45, 2.75) is 13.0 Å². The van der Waals surface area contributed by atoms with Crippen molar-refractivity contribution in [3.63, 3.8) is 0 Å². The van der Waals surface area contributed by atoms with E-state index >= 15 is 0 Å². The van der Waals surface area contributed by atoms with E-state index in [-0.39, 0.29) is 13.2 Å². The first-order valence-corrected chi connectivity index (χ1v) is 3.63. The molecule has 0 aliphatic rings. The first-order chi connectivity index (χ1) is 5.66. The second-order valence-corrected chi connectivity index (χ2v) is 2.25. The van der Waals surface area contributed by atoms with E-state index in [9.17, 15) is 4.79 Å². The molecule has 0 rings (SSSR count). The molecule has 0 radical (unpaired) electrons. The summed E-state index contributed by atoms with van der Waals surface area (Å²) < 4.78 is 13.7. The molecule has 0 aromatic carbocycles. The largest absolute Gasteiger partial charge is 0.508 e. The zero-order valence-electron chi connectivity index (χ0n) is 7.28. The van der Waals surface area contributed by atoms with Gasteiger partial charge in [0.25, 0.3) is 0 Å². The van der Waals surface area contributed by atoms with Crippen molar-refractivity contribution in [3.8, 4) is 0 Å². The highest BCUT2D eigenvalue weighted by Crippen LogP contribution is 1.88. The minimum atomic E-state index is -0.784. The maximum Gasteiger partial charge on any atom is 0.508 e. The molecule has 0 aliphatic carbocycles. The fourth-order valence-electron chi connectivity index (χ4n) is 0.439. The van der Waals surface area contributed by atoms with Crippen LogP contribution in [-0.4, -0.2) is 44.3 Å². The molecular weight excluding hydrogens is 164 g/mol. The second kappa shape index (κ2) is 6.87. The lowest BCUT2D eigenvalue weighted by Gasteiger charge is -2.06. The number of rotatable bonds is 5. The molecule has 5 heteroatoms. The van der Waals surface area contributed by atoms with E-state index in [2.05, 4.69) is 14.2 Å². The van der Waals surface area contributed by atoms with Crippen molar-refractivity contribution in [2.75, 3.05) is 26.9 Å². The normalized spacial score (nSPS) is 12.2. The monoisotopic (exact) mass is 178 g/mol. The van der Waals surface area contributed by atoms with Gasteiger partial charge >= 0.3 is 6.16 Å². The minimum Gasteiger partial charge on any atom is -0.432 e. The lowest BCUT2D eigenvalue weighted by molar-refractivity contribution is 0.0131. The summed E-state index contributed by atoms with van der Waals surface area (Å²) in [5.74, 6) is 0. The van der Waals surface area contributed by atoms with Crippen LogP contribution >= 0.6 is 0 Å². The molecular formula is C7H14O5. The number of methoxy groups -OCH3 is 1. The lowest BCUT2D eigenvalue weighted by Crippen LogP contribution is -2.17. The van der Waals surface area contributed by atoms with E-state index in [0.29, 0.717) is 6.61 Å².